The largest absolute Gasteiger partial charge is 0.435 e. The van der Waals surface area contributed by atoms with Crippen molar-refractivity contribution in [1.29, 1.82) is 0 Å². The van der Waals surface area contributed by atoms with Gasteiger partial charge in [-0.1, -0.05) is 30.3 Å². The first-order valence-corrected chi connectivity index (χ1v) is 9.59. The molecular weight excluding hydrogens is 393 g/mol. The molecule has 148 valence electrons. The molecule has 0 fully saturated rings. The Morgan fingerprint density at radius 2 is 1.61 bits per heavy atom. The van der Waals surface area contributed by atoms with Crippen LogP contribution in [-0.4, -0.2) is 32.4 Å². The summed E-state index contributed by atoms with van der Waals surface area (Å²) in [5.74, 6) is 0. The highest BCUT2D eigenvalue weighted by Crippen LogP contribution is 2.32. The van der Waals surface area contributed by atoms with E-state index in [1.54, 1.807) is 30.3 Å². The summed E-state index contributed by atoms with van der Waals surface area (Å²) < 4.78 is 64.5. The molecule has 0 unspecified atom stereocenters. The highest BCUT2D eigenvalue weighted by atomic mass is 32.2. The van der Waals surface area contributed by atoms with Gasteiger partial charge in [-0.15, -0.1) is 5.10 Å². The molecule has 3 rings (SSSR count). The lowest BCUT2D eigenvalue weighted by Gasteiger charge is -2.14. The number of aromatic nitrogens is 2. The van der Waals surface area contributed by atoms with Crippen LogP contribution in [0.1, 0.15) is 5.69 Å². The highest BCUT2D eigenvalue weighted by Gasteiger charge is 2.35. The van der Waals surface area contributed by atoms with Crippen LogP contribution in [-0.2, 0) is 16.2 Å². The quantitative estimate of drug-likeness (QED) is 0.698. The first-order chi connectivity index (χ1) is 13.1. The lowest BCUT2D eigenvalue weighted by atomic mass is 10.1. The molecule has 6 nitrogen and oxygen atoms in total. The smallest absolute Gasteiger partial charge is 0.378 e. The van der Waals surface area contributed by atoms with Gasteiger partial charge in [0, 0.05) is 25.3 Å². The number of hydrogen-bond acceptors (Lipinski definition) is 4. The van der Waals surface area contributed by atoms with E-state index in [0.29, 0.717) is 10.4 Å². The minimum Gasteiger partial charge on any atom is -0.378 e. The maximum atomic E-state index is 13.2. The van der Waals surface area contributed by atoms with Gasteiger partial charge in [0.05, 0.1) is 10.6 Å². The summed E-state index contributed by atoms with van der Waals surface area (Å²) in [6.45, 7) is 0. The molecule has 0 atom stereocenters. The Labute approximate surface area is 160 Å². The second kappa shape index (κ2) is 7.19. The summed E-state index contributed by atoms with van der Waals surface area (Å²) in [7, 11) is -0.466. The molecule has 3 aromatic rings. The van der Waals surface area contributed by atoms with Crippen LogP contribution < -0.4 is 9.73 Å². The monoisotopic (exact) mass is 410 g/mol. The molecule has 10 heteroatoms. The van der Waals surface area contributed by atoms with Crippen molar-refractivity contribution in [1.82, 2.24) is 9.89 Å². The Kier molecular flexibility index (Phi) is 5.07. The standard InChI is InChI=1S/C18H17F3N4O2S/c1-24(2)14-10-8-13(9-11-14)16-12-17(18(19,20)21)22-25(16)23-28(26,27)15-6-4-3-5-7-15/h3-12,23H,1-2H3. The predicted octanol–water partition coefficient (Wildman–Crippen LogP) is 3.57. The van der Waals surface area contributed by atoms with Gasteiger partial charge in [-0.05, 0) is 30.3 Å². The van der Waals surface area contributed by atoms with Crippen LogP contribution >= 0.6 is 0 Å². The van der Waals surface area contributed by atoms with Gasteiger partial charge in [0.1, 0.15) is 0 Å². The molecule has 1 heterocycles. The number of anilines is 1. The van der Waals surface area contributed by atoms with E-state index in [1.165, 1.54) is 24.3 Å². The van der Waals surface area contributed by atoms with Gasteiger partial charge in [-0.3, -0.25) is 0 Å². The van der Waals surface area contributed by atoms with E-state index >= 15 is 0 Å². The second-order valence-electron chi connectivity index (χ2n) is 6.17. The summed E-state index contributed by atoms with van der Waals surface area (Å²) in [6, 6.07) is 14.8. The molecule has 0 aliphatic carbocycles. The predicted molar refractivity (Wildman–Crippen MR) is 100.0 cm³/mol. The number of rotatable bonds is 5. The first-order valence-electron chi connectivity index (χ1n) is 8.11. The maximum Gasteiger partial charge on any atom is 0.435 e. The third-order valence-corrected chi connectivity index (χ3v) is 5.25. The lowest BCUT2D eigenvalue weighted by Crippen LogP contribution is -2.25. The number of alkyl halides is 3. The highest BCUT2D eigenvalue weighted by molar-refractivity contribution is 7.92. The zero-order valence-electron chi connectivity index (χ0n) is 15.0. The number of nitrogens with zero attached hydrogens (tertiary/aromatic N) is 3. The molecule has 0 amide bonds. The number of sulfonamides is 1. The summed E-state index contributed by atoms with van der Waals surface area (Å²) >= 11 is 0. The van der Waals surface area contributed by atoms with Gasteiger partial charge in [0.2, 0.25) is 0 Å². The average molecular weight is 410 g/mol. The van der Waals surface area contributed by atoms with Crippen molar-refractivity contribution in [2.24, 2.45) is 0 Å². The van der Waals surface area contributed by atoms with Crippen LogP contribution in [0.5, 0.6) is 0 Å². The van der Waals surface area contributed by atoms with Crippen LogP contribution in [0.2, 0.25) is 0 Å². The van der Waals surface area contributed by atoms with Crippen LogP contribution in [0, 0.1) is 0 Å². The fraction of sp³-hybridized carbons (Fsp3) is 0.167. The summed E-state index contributed by atoms with van der Waals surface area (Å²) in [5, 5.41) is 3.42. The Hall–Kier alpha value is -3.01. The van der Waals surface area contributed by atoms with Gasteiger partial charge in [0.25, 0.3) is 10.0 Å². The van der Waals surface area contributed by atoms with Crippen molar-refractivity contribution in [3.8, 4) is 11.3 Å². The number of hydrogen-bond donors (Lipinski definition) is 1. The van der Waals surface area contributed by atoms with E-state index in [0.717, 1.165) is 11.8 Å². The maximum absolute atomic E-state index is 13.2. The SMILES string of the molecule is CN(C)c1ccc(-c2cc(C(F)(F)F)nn2NS(=O)(=O)c2ccccc2)cc1. The minimum atomic E-state index is -4.72. The van der Waals surface area contributed by atoms with Crippen LogP contribution in [0.3, 0.4) is 0 Å². The topological polar surface area (TPSA) is 67.2 Å². The number of halogens is 3. The fourth-order valence-electron chi connectivity index (χ4n) is 2.49. The van der Waals surface area contributed by atoms with E-state index in [1.807, 2.05) is 19.0 Å². The van der Waals surface area contributed by atoms with Gasteiger partial charge >= 0.3 is 6.18 Å². The van der Waals surface area contributed by atoms with E-state index < -0.39 is 21.9 Å². The molecule has 1 aromatic heterocycles. The van der Waals surface area contributed by atoms with Gasteiger partial charge < -0.3 is 4.90 Å². The lowest BCUT2D eigenvalue weighted by molar-refractivity contribution is -0.141. The Bertz CT molecular complexity index is 1060. The minimum absolute atomic E-state index is 0.0304. The molecule has 0 aliphatic heterocycles. The zero-order valence-corrected chi connectivity index (χ0v) is 15.8. The summed E-state index contributed by atoms with van der Waals surface area (Å²) in [4.78, 5) is 4.48. The van der Waals surface area contributed by atoms with E-state index in [9.17, 15) is 21.6 Å². The normalized spacial score (nSPS) is 12.0. The molecule has 0 bridgehead atoms. The van der Waals surface area contributed by atoms with E-state index in [4.69, 9.17) is 0 Å². The molecule has 0 saturated carbocycles. The van der Waals surface area contributed by atoms with Crippen LogP contribution in [0.15, 0.2) is 65.6 Å². The second-order valence-corrected chi connectivity index (χ2v) is 7.83. The van der Waals surface area contributed by atoms with Crippen molar-refractivity contribution in [3.63, 3.8) is 0 Å². The van der Waals surface area contributed by atoms with Crippen molar-refractivity contribution < 1.29 is 21.6 Å². The summed E-state index contributed by atoms with van der Waals surface area (Å²) in [6.07, 6.45) is -4.72. The molecule has 1 N–H and O–H groups in total. The molecule has 28 heavy (non-hydrogen) atoms. The van der Waals surface area contributed by atoms with Gasteiger partial charge in [-0.2, -0.15) is 31.2 Å². The van der Waals surface area contributed by atoms with Gasteiger partial charge in [0.15, 0.2) is 5.69 Å². The molecule has 0 saturated heterocycles. The molecular formula is C18H17F3N4O2S. The number of nitrogens with one attached hydrogen (secondary N) is 1. The Morgan fingerprint density at radius 1 is 1.00 bits per heavy atom. The first kappa shape index (κ1) is 19.7. The van der Waals surface area contributed by atoms with Crippen molar-refractivity contribution in [3.05, 3.63) is 66.4 Å². The Balaban J connectivity index is 2.06. The van der Waals surface area contributed by atoms with Crippen molar-refractivity contribution in [2.45, 2.75) is 11.1 Å². The van der Waals surface area contributed by atoms with Crippen molar-refractivity contribution in [2.75, 3.05) is 23.8 Å². The van der Waals surface area contributed by atoms with E-state index in [-0.39, 0.29) is 10.6 Å². The molecule has 0 radical (unpaired) electrons. The Morgan fingerprint density at radius 3 is 2.14 bits per heavy atom. The molecule has 2 aromatic carbocycles. The zero-order chi connectivity index (χ0) is 20.5. The van der Waals surface area contributed by atoms with Crippen LogP contribution in [0.4, 0.5) is 18.9 Å². The van der Waals surface area contributed by atoms with E-state index in [2.05, 4.69) is 9.93 Å². The van der Waals surface area contributed by atoms with Gasteiger partial charge in [-0.25, -0.2) is 0 Å². The fourth-order valence-corrected chi connectivity index (χ4v) is 3.48. The number of benzene rings is 2. The third kappa shape index (κ3) is 4.11. The molecule has 0 spiro atoms. The van der Waals surface area contributed by atoms with Crippen LogP contribution in [0.25, 0.3) is 11.3 Å². The molecule has 0 aliphatic rings. The third-order valence-electron chi connectivity index (χ3n) is 3.94. The van der Waals surface area contributed by atoms with Crippen molar-refractivity contribution >= 4 is 15.7 Å². The average Bonchev–Trinajstić information content (AvgIpc) is 3.06. The summed E-state index contributed by atoms with van der Waals surface area (Å²) in [5.41, 5.74) is -0.00725.